The summed E-state index contributed by atoms with van der Waals surface area (Å²) in [5.41, 5.74) is 0. The molecule has 12 heavy (non-hydrogen) atoms. The minimum absolute atomic E-state index is 0.485. The first-order valence-electron chi connectivity index (χ1n) is 4.25. The second-order valence-electron chi connectivity index (χ2n) is 3.68. The standard InChI is InChI=1S/C8H13F2NO/c1-12-4-7-5-2-11(8(9)10)3-6(5)7/h5-8H,2-4H2,1H3/t5-,6+,7?. The van der Waals surface area contributed by atoms with Crippen LogP contribution in [0.25, 0.3) is 0 Å². The van der Waals surface area contributed by atoms with Crippen LogP contribution in [-0.2, 0) is 4.74 Å². The van der Waals surface area contributed by atoms with Crippen LogP contribution in [0.15, 0.2) is 0 Å². The molecule has 0 aromatic rings. The van der Waals surface area contributed by atoms with Crippen LogP contribution >= 0.6 is 0 Å². The van der Waals surface area contributed by atoms with Crippen molar-refractivity contribution < 1.29 is 13.5 Å². The van der Waals surface area contributed by atoms with Crippen LogP contribution in [0.2, 0.25) is 0 Å². The van der Waals surface area contributed by atoms with Gasteiger partial charge in [-0.3, -0.25) is 0 Å². The van der Waals surface area contributed by atoms with Gasteiger partial charge in [-0.1, -0.05) is 0 Å². The van der Waals surface area contributed by atoms with Gasteiger partial charge in [0.1, 0.15) is 0 Å². The Morgan fingerprint density at radius 2 is 2.00 bits per heavy atom. The summed E-state index contributed by atoms with van der Waals surface area (Å²) in [6.07, 6.45) is 0. The number of methoxy groups -OCH3 is 1. The van der Waals surface area contributed by atoms with Crippen molar-refractivity contribution in [3.8, 4) is 0 Å². The molecule has 2 fully saturated rings. The zero-order valence-corrected chi connectivity index (χ0v) is 7.04. The second kappa shape index (κ2) is 2.92. The van der Waals surface area contributed by atoms with E-state index in [1.807, 2.05) is 0 Å². The number of piperidine rings is 1. The van der Waals surface area contributed by atoms with Gasteiger partial charge in [-0.2, -0.15) is 8.78 Å². The molecule has 0 N–H and O–H groups in total. The lowest BCUT2D eigenvalue weighted by Crippen LogP contribution is -2.30. The van der Waals surface area contributed by atoms with Crippen molar-refractivity contribution in [1.82, 2.24) is 4.90 Å². The molecular formula is C8H13F2NO. The predicted octanol–water partition coefficient (Wildman–Crippen LogP) is 1.03. The fourth-order valence-corrected chi connectivity index (χ4v) is 2.28. The van der Waals surface area contributed by atoms with Gasteiger partial charge in [0.25, 0.3) is 6.55 Å². The van der Waals surface area contributed by atoms with Gasteiger partial charge in [-0.05, 0) is 17.8 Å². The number of likely N-dealkylation sites (tertiary alicyclic amines) is 1. The third kappa shape index (κ3) is 1.23. The molecule has 1 heterocycles. The van der Waals surface area contributed by atoms with E-state index in [0.717, 1.165) is 6.61 Å². The Labute approximate surface area is 70.5 Å². The molecule has 70 valence electrons. The van der Waals surface area contributed by atoms with E-state index >= 15 is 0 Å². The fourth-order valence-electron chi connectivity index (χ4n) is 2.28. The van der Waals surface area contributed by atoms with Gasteiger partial charge in [-0.25, -0.2) is 4.90 Å². The molecule has 1 unspecified atom stereocenters. The van der Waals surface area contributed by atoms with Crippen LogP contribution in [0, 0.1) is 17.8 Å². The number of rotatable bonds is 3. The number of halogens is 2. The molecule has 0 aromatic carbocycles. The Morgan fingerprint density at radius 3 is 2.42 bits per heavy atom. The second-order valence-corrected chi connectivity index (χ2v) is 3.68. The Hall–Kier alpha value is -0.220. The minimum Gasteiger partial charge on any atom is -0.384 e. The minimum atomic E-state index is -2.26. The Morgan fingerprint density at radius 1 is 1.42 bits per heavy atom. The average Bonchev–Trinajstić information content (AvgIpc) is 2.51. The van der Waals surface area contributed by atoms with Gasteiger partial charge in [0.15, 0.2) is 0 Å². The summed E-state index contributed by atoms with van der Waals surface area (Å²) in [6, 6.07) is 0. The number of nitrogens with zero attached hydrogens (tertiary/aromatic N) is 1. The smallest absolute Gasteiger partial charge is 0.294 e. The Balaban J connectivity index is 1.78. The van der Waals surface area contributed by atoms with Gasteiger partial charge in [0.2, 0.25) is 0 Å². The summed E-state index contributed by atoms with van der Waals surface area (Å²) in [4.78, 5) is 1.25. The molecule has 0 spiro atoms. The fraction of sp³-hybridized carbons (Fsp3) is 1.00. The molecule has 1 aliphatic carbocycles. The first-order valence-corrected chi connectivity index (χ1v) is 4.25. The van der Waals surface area contributed by atoms with E-state index in [1.54, 1.807) is 7.11 Å². The molecule has 0 aromatic heterocycles. The molecule has 1 saturated carbocycles. The number of alkyl halides is 2. The maximum Gasteiger partial charge on any atom is 0.294 e. The molecule has 2 aliphatic rings. The molecule has 2 rings (SSSR count). The number of ether oxygens (including phenoxy) is 1. The van der Waals surface area contributed by atoms with Crippen LogP contribution in [0.3, 0.4) is 0 Å². The lowest BCUT2D eigenvalue weighted by molar-refractivity contribution is -0.0231. The summed E-state index contributed by atoms with van der Waals surface area (Å²) in [6.45, 7) is -0.389. The summed E-state index contributed by atoms with van der Waals surface area (Å²) in [5, 5.41) is 0. The van der Waals surface area contributed by atoms with Crippen LogP contribution in [0.4, 0.5) is 8.78 Å². The van der Waals surface area contributed by atoms with E-state index < -0.39 is 6.55 Å². The van der Waals surface area contributed by atoms with Crippen molar-refractivity contribution in [3.05, 3.63) is 0 Å². The number of fused-ring (bicyclic) bond motifs is 1. The van der Waals surface area contributed by atoms with E-state index in [-0.39, 0.29) is 0 Å². The highest BCUT2D eigenvalue weighted by Crippen LogP contribution is 2.52. The van der Waals surface area contributed by atoms with Gasteiger partial charge in [0, 0.05) is 26.8 Å². The number of hydrogen-bond donors (Lipinski definition) is 0. The van der Waals surface area contributed by atoms with E-state index in [2.05, 4.69) is 0 Å². The monoisotopic (exact) mass is 177 g/mol. The topological polar surface area (TPSA) is 12.5 Å². The molecule has 0 amide bonds. The lowest BCUT2D eigenvalue weighted by atomic mass is 10.3. The third-order valence-electron chi connectivity index (χ3n) is 3.03. The van der Waals surface area contributed by atoms with Crippen LogP contribution in [0.1, 0.15) is 0 Å². The first kappa shape index (κ1) is 8.38. The van der Waals surface area contributed by atoms with Gasteiger partial charge < -0.3 is 4.74 Å². The molecular weight excluding hydrogens is 164 g/mol. The summed E-state index contributed by atoms with van der Waals surface area (Å²) in [5.74, 6) is 1.53. The van der Waals surface area contributed by atoms with Crippen molar-refractivity contribution in [1.29, 1.82) is 0 Å². The van der Waals surface area contributed by atoms with Crippen molar-refractivity contribution in [2.24, 2.45) is 17.8 Å². The molecule has 0 radical (unpaired) electrons. The van der Waals surface area contributed by atoms with Crippen LogP contribution < -0.4 is 0 Å². The summed E-state index contributed by atoms with van der Waals surface area (Å²) in [7, 11) is 1.67. The van der Waals surface area contributed by atoms with E-state index in [1.165, 1.54) is 4.90 Å². The van der Waals surface area contributed by atoms with Gasteiger partial charge in [-0.15, -0.1) is 0 Å². The zero-order valence-electron chi connectivity index (χ0n) is 7.04. The molecule has 0 bridgehead atoms. The Kier molecular flexibility index (Phi) is 2.04. The van der Waals surface area contributed by atoms with E-state index in [0.29, 0.717) is 30.8 Å². The Bertz CT molecular complexity index is 164. The van der Waals surface area contributed by atoms with Gasteiger partial charge in [0.05, 0.1) is 0 Å². The summed E-state index contributed by atoms with van der Waals surface area (Å²) < 4.78 is 29.3. The predicted molar refractivity (Wildman–Crippen MR) is 39.9 cm³/mol. The van der Waals surface area contributed by atoms with Crippen LogP contribution in [0.5, 0.6) is 0 Å². The van der Waals surface area contributed by atoms with Crippen molar-refractivity contribution in [2.75, 3.05) is 26.8 Å². The maximum atomic E-state index is 12.1. The van der Waals surface area contributed by atoms with Gasteiger partial charge >= 0.3 is 0 Å². The quantitative estimate of drug-likeness (QED) is 0.597. The van der Waals surface area contributed by atoms with Crippen molar-refractivity contribution in [2.45, 2.75) is 6.55 Å². The highest BCUT2D eigenvalue weighted by atomic mass is 19.3. The summed E-state index contributed by atoms with van der Waals surface area (Å²) >= 11 is 0. The number of hydrogen-bond acceptors (Lipinski definition) is 2. The zero-order chi connectivity index (χ0) is 8.72. The highest BCUT2D eigenvalue weighted by molar-refractivity contribution is 5.04. The normalized spacial score (nSPS) is 40.5. The molecule has 4 heteroatoms. The molecule has 1 aliphatic heterocycles. The molecule has 1 saturated heterocycles. The highest BCUT2D eigenvalue weighted by Gasteiger charge is 2.56. The van der Waals surface area contributed by atoms with Crippen molar-refractivity contribution >= 4 is 0 Å². The van der Waals surface area contributed by atoms with Crippen LogP contribution in [-0.4, -0.2) is 38.3 Å². The SMILES string of the molecule is COCC1[C@H]2CN(C(F)F)C[C@@H]12. The third-order valence-corrected chi connectivity index (χ3v) is 3.03. The lowest BCUT2D eigenvalue weighted by Gasteiger charge is -2.17. The largest absolute Gasteiger partial charge is 0.384 e. The average molecular weight is 177 g/mol. The van der Waals surface area contributed by atoms with Crippen molar-refractivity contribution in [3.63, 3.8) is 0 Å². The van der Waals surface area contributed by atoms with E-state index in [9.17, 15) is 8.78 Å². The molecule has 3 atom stereocenters. The van der Waals surface area contributed by atoms with E-state index in [4.69, 9.17) is 4.74 Å². The first-order chi connectivity index (χ1) is 5.74. The molecule has 2 nitrogen and oxygen atoms in total. The maximum absolute atomic E-state index is 12.1.